The standard InChI is InChI=1S/C19H23NO3/c1-14-10-15(2)12-16(11-14)13-23-18-6-4-17(5-7-18)19(22)20(3)8-9-21/h4-7,10-12,21H,8-9,13H2,1-3H3. The van der Waals surface area contributed by atoms with E-state index in [9.17, 15) is 4.79 Å². The molecule has 4 nitrogen and oxygen atoms in total. The summed E-state index contributed by atoms with van der Waals surface area (Å²) in [6, 6.07) is 13.4. The second-order valence-corrected chi connectivity index (χ2v) is 5.76. The highest BCUT2D eigenvalue weighted by atomic mass is 16.5. The van der Waals surface area contributed by atoms with Crippen LogP contribution in [0.2, 0.25) is 0 Å². The zero-order valence-corrected chi connectivity index (χ0v) is 13.9. The molecule has 0 radical (unpaired) electrons. The molecule has 2 aromatic rings. The highest BCUT2D eigenvalue weighted by Crippen LogP contribution is 2.16. The molecule has 4 heteroatoms. The fraction of sp³-hybridized carbons (Fsp3) is 0.316. The van der Waals surface area contributed by atoms with Crippen molar-refractivity contribution in [2.24, 2.45) is 0 Å². The number of likely N-dealkylation sites (N-methyl/N-ethyl adjacent to an activating group) is 1. The minimum absolute atomic E-state index is 0.0423. The molecule has 0 spiro atoms. The number of amides is 1. The van der Waals surface area contributed by atoms with Gasteiger partial charge in [0.25, 0.3) is 5.91 Å². The molecule has 0 aliphatic rings. The van der Waals surface area contributed by atoms with Crippen molar-refractivity contribution in [2.75, 3.05) is 20.2 Å². The van der Waals surface area contributed by atoms with Crippen LogP contribution in [0.25, 0.3) is 0 Å². The second kappa shape index (κ2) is 7.79. The Balaban J connectivity index is 1.98. The first-order valence-electron chi connectivity index (χ1n) is 7.66. The first-order chi connectivity index (χ1) is 11.0. The second-order valence-electron chi connectivity index (χ2n) is 5.76. The van der Waals surface area contributed by atoms with Crippen LogP contribution in [0, 0.1) is 13.8 Å². The number of aliphatic hydroxyl groups is 1. The van der Waals surface area contributed by atoms with Crippen LogP contribution in [0.4, 0.5) is 0 Å². The fourth-order valence-electron chi connectivity index (χ4n) is 2.48. The lowest BCUT2D eigenvalue weighted by Crippen LogP contribution is -2.29. The minimum atomic E-state index is -0.111. The van der Waals surface area contributed by atoms with Gasteiger partial charge in [0.1, 0.15) is 12.4 Å². The summed E-state index contributed by atoms with van der Waals surface area (Å²) in [7, 11) is 1.67. The van der Waals surface area contributed by atoms with Crippen molar-refractivity contribution in [3.63, 3.8) is 0 Å². The lowest BCUT2D eigenvalue weighted by molar-refractivity contribution is 0.0767. The van der Waals surface area contributed by atoms with Gasteiger partial charge in [0.05, 0.1) is 6.61 Å². The molecule has 23 heavy (non-hydrogen) atoms. The molecule has 0 fully saturated rings. The SMILES string of the molecule is Cc1cc(C)cc(COc2ccc(C(=O)N(C)CCO)cc2)c1. The summed E-state index contributed by atoms with van der Waals surface area (Å²) in [6.45, 7) is 4.92. The lowest BCUT2D eigenvalue weighted by Gasteiger charge is -2.15. The lowest BCUT2D eigenvalue weighted by atomic mass is 10.1. The first kappa shape index (κ1) is 17.0. The molecule has 0 atom stereocenters. The van der Waals surface area contributed by atoms with Crippen molar-refractivity contribution >= 4 is 5.91 Å². The van der Waals surface area contributed by atoms with Crippen molar-refractivity contribution in [1.82, 2.24) is 4.90 Å². The Morgan fingerprint density at radius 3 is 2.26 bits per heavy atom. The quantitative estimate of drug-likeness (QED) is 0.892. The summed E-state index contributed by atoms with van der Waals surface area (Å²) in [5, 5.41) is 8.88. The molecule has 0 saturated heterocycles. The predicted molar refractivity (Wildman–Crippen MR) is 90.7 cm³/mol. The Bertz CT molecular complexity index is 645. The molecule has 0 aliphatic carbocycles. The minimum Gasteiger partial charge on any atom is -0.489 e. The van der Waals surface area contributed by atoms with E-state index in [-0.39, 0.29) is 12.5 Å². The molecule has 0 aromatic heterocycles. The maximum atomic E-state index is 12.1. The van der Waals surface area contributed by atoms with Gasteiger partial charge >= 0.3 is 0 Å². The highest BCUT2D eigenvalue weighted by Gasteiger charge is 2.10. The molecule has 1 N–H and O–H groups in total. The van der Waals surface area contributed by atoms with Gasteiger partial charge in [-0.15, -0.1) is 0 Å². The van der Waals surface area contributed by atoms with E-state index >= 15 is 0 Å². The number of rotatable bonds is 6. The number of hydrogen-bond donors (Lipinski definition) is 1. The number of hydrogen-bond acceptors (Lipinski definition) is 3. The monoisotopic (exact) mass is 313 g/mol. The molecule has 0 aliphatic heterocycles. The average Bonchev–Trinajstić information content (AvgIpc) is 2.52. The van der Waals surface area contributed by atoms with Crippen LogP contribution in [0.5, 0.6) is 5.75 Å². The third-order valence-corrected chi connectivity index (χ3v) is 3.57. The number of carbonyl (C=O) groups is 1. The summed E-state index contributed by atoms with van der Waals surface area (Å²) in [5.41, 5.74) is 4.15. The molecule has 1 amide bonds. The van der Waals surface area contributed by atoms with Crippen LogP contribution in [-0.4, -0.2) is 36.1 Å². The number of ether oxygens (including phenoxy) is 1. The van der Waals surface area contributed by atoms with Gasteiger partial charge in [-0.05, 0) is 43.7 Å². The maximum absolute atomic E-state index is 12.1. The fourth-order valence-corrected chi connectivity index (χ4v) is 2.48. The van der Waals surface area contributed by atoms with Crippen molar-refractivity contribution in [3.05, 3.63) is 64.7 Å². The Hall–Kier alpha value is -2.33. The molecule has 2 aromatic carbocycles. The Morgan fingerprint density at radius 1 is 1.09 bits per heavy atom. The molecular formula is C19H23NO3. The molecule has 0 saturated carbocycles. The van der Waals surface area contributed by atoms with Crippen molar-refractivity contribution < 1.29 is 14.6 Å². The van der Waals surface area contributed by atoms with Crippen LogP contribution in [0.3, 0.4) is 0 Å². The number of aryl methyl sites for hydroxylation is 2. The van der Waals surface area contributed by atoms with Gasteiger partial charge < -0.3 is 14.7 Å². The third kappa shape index (κ3) is 4.83. The van der Waals surface area contributed by atoms with Gasteiger partial charge in [-0.1, -0.05) is 29.3 Å². The topological polar surface area (TPSA) is 49.8 Å². The van der Waals surface area contributed by atoms with E-state index in [1.807, 2.05) is 0 Å². The number of benzene rings is 2. The summed E-state index contributed by atoms with van der Waals surface area (Å²) >= 11 is 0. The van der Waals surface area contributed by atoms with E-state index < -0.39 is 0 Å². The van der Waals surface area contributed by atoms with Gasteiger partial charge in [-0.3, -0.25) is 4.79 Å². The van der Waals surface area contributed by atoms with Crippen LogP contribution < -0.4 is 4.74 Å². The van der Waals surface area contributed by atoms with Gasteiger partial charge in [-0.25, -0.2) is 0 Å². The number of nitrogens with zero attached hydrogens (tertiary/aromatic N) is 1. The maximum Gasteiger partial charge on any atom is 0.253 e. The summed E-state index contributed by atoms with van der Waals surface area (Å²) in [4.78, 5) is 13.6. The molecule has 122 valence electrons. The molecule has 0 heterocycles. The molecule has 0 unspecified atom stereocenters. The van der Waals surface area contributed by atoms with Crippen molar-refractivity contribution in [2.45, 2.75) is 20.5 Å². The van der Waals surface area contributed by atoms with Crippen LogP contribution in [0.1, 0.15) is 27.0 Å². The normalized spacial score (nSPS) is 10.4. The van der Waals surface area contributed by atoms with Crippen molar-refractivity contribution in [3.8, 4) is 5.75 Å². The van der Waals surface area contributed by atoms with Gasteiger partial charge in [0.15, 0.2) is 0 Å². The molecular weight excluding hydrogens is 290 g/mol. The van der Waals surface area contributed by atoms with Crippen LogP contribution >= 0.6 is 0 Å². The van der Waals surface area contributed by atoms with Gasteiger partial charge in [0, 0.05) is 19.2 Å². The zero-order valence-electron chi connectivity index (χ0n) is 13.9. The van der Waals surface area contributed by atoms with Crippen molar-refractivity contribution in [1.29, 1.82) is 0 Å². The summed E-state index contributed by atoms with van der Waals surface area (Å²) in [6.07, 6.45) is 0. The van der Waals surface area contributed by atoms with Crippen LogP contribution in [0.15, 0.2) is 42.5 Å². The smallest absolute Gasteiger partial charge is 0.253 e. The molecule has 2 rings (SSSR count). The Morgan fingerprint density at radius 2 is 1.70 bits per heavy atom. The summed E-state index contributed by atoms with van der Waals surface area (Å²) in [5.74, 6) is 0.616. The van der Waals surface area contributed by atoms with E-state index in [1.165, 1.54) is 16.0 Å². The van der Waals surface area contributed by atoms with E-state index in [2.05, 4.69) is 32.0 Å². The van der Waals surface area contributed by atoms with E-state index in [4.69, 9.17) is 9.84 Å². The number of carbonyl (C=O) groups excluding carboxylic acids is 1. The zero-order chi connectivity index (χ0) is 16.8. The Kier molecular flexibility index (Phi) is 5.77. The van der Waals surface area contributed by atoms with Gasteiger partial charge in [0.2, 0.25) is 0 Å². The highest BCUT2D eigenvalue weighted by molar-refractivity contribution is 5.94. The van der Waals surface area contributed by atoms with Gasteiger partial charge in [-0.2, -0.15) is 0 Å². The Labute approximate surface area is 137 Å². The average molecular weight is 313 g/mol. The summed E-state index contributed by atoms with van der Waals surface area (Å²) < 4.78 is 5.78. The van der Waals surface area contributed by atoms with E-state index in [0.717, 1.165) is 11.3 Å². The first-order valence-corrected chi connectivity index (χ1v) is 7.66. The predicted octanol–water partition coefficient (Wildman–Crippen LogP) is 2.95. The molecule has 0 bridgehead atoms. The third-order valence-electron chi connectivity index (χ3n) is 3.57. The van der Waals surface area contributed by atoms with E-state index in [1.54, 1.807) is 31.3 Å². The number of aliphatic hydroxyl groups excluding tert-OH is 1. The van der Waals surface area contributed by atoms with E-state index in [0.29, 0.717) is 18.7 Å². The van der Waals surface area contributed by atoms with Crippen LogP contribution in [-0.2, 0) is 6.61 Å². The largest absolute Gasteiger partial charge is 0.489 e.